The Balaban J connectivity index is 1.33. The topological polar surface area (TPSA) is 59.1 Å². The molecule has 0 unspecified atom stereocenters. The van der Waals surface area contributed by atoms with E-state index < -0.39 is 21.6 Å². The van der Waals surface area contributed by atoms with E-state index in [1.54, 1.807) is 14.2 Å². The van der Waals surface area contributed by atoms with Crippen LogP contribution < -0.4 is 19.3 Å². The van der Waals surface area contributed by atoms with Crippen LogP contribution in [0.1, 0.15) is 0 Å². The number of para-hydroxylation sites is 4. The van der Waals surface area contributed by atoms with Crippen molar-refractivity contribution in [3.8, 4) is 22.6 Å². The number of rotatable bonds is 5. The Labute approximate surface area is 272 Å². The number of benzene rings is 6. The van der Waals surface area contributed by atoms with Crippen LogP contribution in [0.5, 0.6) is 11.5 Å². The van der Waals surface area contributed by atoms with Gasteiger partial charge in [0.05, 0.1) is 78.2 Å². The van der Waals surface area contributed by atoms with Crippen molar-refractivity contribution in [2.45, 2.75) is 19.6 Å². The van der Waals surface area contributed by atoms with Crippen LogP contribution >= 0.6 is 0 Å². The predicted molar refractivity (Wildman–Crippen MR) is 184 cm³/mol. The Morgan fingerprint density at radius 2 is 0.739 bits per heavy atom. The van der Waals surface area contributed by atoms with Gasteiger partial charge in [-0.15, -0.1) is 0 Å². The summed E-state index contributed by atoms with van der Waals surface area (Å²) in [6.07, 6.45) is 0. The summed E-state index contributed by atoms with van der Waals surface area (Å²) >= 11 is 0. The van der Waals surface area contributed by atoms with E-state index in [0.717, 1.165) is 64.8 Å². The first-order valence-corrected chi connectivity index (χ1v) is 17.1. The Morgan fingerprint density at radius 1 is 0.435 bits per heavy atom. The van der Waals surface area contributed by atoms with Gasteiger partial charge in [-0.25, -0.2) is 8.42 Å². The SMILES string of the molecule is COc1ccc(N2c3ccccc3S(=O)c3ccccc32)cc1-c1cc(N2c3ccccc3S(=O)c3ccccc32)ccc1OC. The second-order valence-corrected chi connectivity index (χ2v) is 13.7. The standard InChI is InChI=1S/C38H28N2O4S2/c1-43-33-21-19-25(39-29-11-3-7-15-35(29)45(41)36-16-8-4-12-30(36)39)23-27(33)28-24-26(20-22-34(28)44-2)40-31-13-5-9-17-37(31)46(42)38-18-10-6-14-32(38)40/h3-24H,1-2H3. The largest absolute Gasteiger partial charge is 0.496 e. The van der Waals surface area contributed by atoms with Crippen molar-refractivity contribution in [2.24, 2.45) is 0 Å². The Bertz CT molecular complexity index is 1960. The third-order valence-corrected chi connectivity index (χ3v) is 11.4. The molecule has 46 heavy (non-hydrogen) atoms. The number of ether oxygens (including phenoxy) is 2. The van der Waals surface area contributed by atoms with E-state index in [2.05, 4.69) is 21.9 Å². The van der Waals surface area contributed by atoms with Crippen molar-refractivity contribution in [2.75, 3.05) is 24.0 Å². The quantitative estimate of drug-likeness (QED) is 0.187. The molecule has 2 aliphatic rings. The zero-order valence-corrected chi connectivity index (χ0v) is 26.7. The average molecular weight is 641 g/mol. The molecule has 0 aromatic heterocycles. The lowest BCUT2D eigenvalue weighted by Crippen LogP contribution is -2.19. The molecule has 226 valence electrons. The van der Waals surface area contributed by atoms with Gasteiger partial charge < -0.3 is 19.3 Å². The second kappa shape index (κ2) is 11.3. The fraction of sp³-hybridized carbons (Fsp3) is 0.0526. The van der Waals surface area contributed by atoms with E-state index in [-0.39, 0.29) is 0 Å². The van der Waals surface area contributed by atoms with Crippen LogP contribution in [0, 0.1) is 0 Å². The molecule has 6 aromatic rings. The minimum Gasteiger partial charge on any atom is -0.496 e. The molecule has 0 N–H and O–H groups in total. The highest BCUT2D eigenvalue weighted by Crippen LogP contribution is 2.51. The van der Waals surface area contributed by atoms with Gasteiger partial charge in [-0.2, -0.15) is 0 Å². The van der Waals surface area contributed by atoms with Crippen molar-refractivity contribution < 1.29 is 17.9 Å². The molecule has 0 saturated carbocycles. The number of fused-ring (bicyclic) bond motifs is 4. The number of hydrogen-bond donors (Lipinski definition) is 0. The first-order chi connectivity index (χ1) is 22.6. The smallest absolute Gasteiger partial charge is 0.126 e. The summed E-state index contributed by atoms with van der Waals surface area (Å²) in [6, 6.07) is 43.4. The molecule has 0 aliphatic carbocycles. The fourth-order valence-electron chi connectivity index (χ4n) is 6.34. The molecule has 2 aliphatic heterocycles. The molecule has 6 nitrogen and oxygen atoms in total. The maximum Gasteiger partial charge on any atom is 0.126 e. The molecule has 8 heteroatoms. The van der Waals surface area contributed by atoms with Crippen molar-refractivity contribution >= 4 is 55.7 Å². The van der Waals surface area contributed by atoms with Crippen molar-refractivity contribution in [3.05, 3.63) is 133 Å². The van der Waals surface area contributed by atoms with Crippen molar-refractivity contribution in [1.82, 2.24) is 0 Å². The molecule has 0 radical (unpaired) electrons. The molecule has 0 fully saturated rings. The van der Waals surface area contributed by atoms with Crippen LogP contribution in [0.4, 0.5) is 34.1 Å². The van der Waals surface area contributed by atoms with Crippen LogP contribution in [0.15, 0.2) is 153 Å². The second-order valence-electron chi connectivity index (χ2n) is 10.8. The van der Waals surface area contributed by atoms with Crippen molar-refractivity contribution in [3.63, 3.8) is 0 Å². The molecule has 2 heterocycles. The maximum atomic E-state index is 13.6. The highest BCUT2D eigenvalue weighted by atomic mass is 32.2. The van der Waals surface area contributed by atoms with Crippen LogP contribution in [0.2, 0.25) is 0 Å². The number of methoxy groups -OCH3 is 2. The number of hydrogen-bond acceptors (Lipinski definition) is 6. The molecule has 0 saturated heterocycles. The van der Waals surface area contributed by atoms with Crippen LogP contribution in [-0.2, 0) is 21.6 Å². The molecule has 0 amide bonds. The molecule has 8 rings (SSSR count). The van der Waals surface area contributed by atoms with Crippen LogP contribution in [0.3, 0.4) is 0 Å². The molecule has 0 spiro atoms. The lowest BCUT2D eigenvalue weighted by atomic mass is 10.00. The molecular weight excluding hydrogens is 613 g/mol. The minimum atomic E-state index is -1.30. The molecule has 0 atom stereocenters. The Hall–Kier alpha value is -5.18. The minimum absolute atomic E-state index is 0.682. The van der Waals surface area contributed by atoms with Gasteiger partial charge in [0.2, 0.25) is 0 Å². The van der Waals surface area contributed by atoms with E-state index in [0.29, 0.717) is 11.5 Å². The zero-order chi connectivity index (χ0) is 31.4. The number of anilines is 6. The maximum absolute atomic E-state index is 13.6. The van der Waals surface area contributed by atoms with Gasteiger partial charge in [0.15, 0.2) is 0 Å². The fourth-order valence-corrected chi connectivity index (χ4v) is 9.02. The highest BCUT2D eigenvalue weighted by Gasteiger charge is 2.31. The summed E-state index contributed by atoms with van der Waals surface area (Å²) < 4.78 is 39.0. The van der Waals surface area contributed by atoms with E-state index in [4.69, 9.17) is 9.47 Å². The summed E-state index contributed by atoms with van der Waals surface area (Å²) in [5, 5.41) is 0. The van der Waals surface area contributed by atoms with E-state index in [1.807, 2.05) is 121 Å². The predicted octanol–water partition coefficient (Wildman–Crippen LogP) is 9.27. The molecule has 6 aromatic carbocycles. The Kier molecular flexibility index (Phi) is 6.96. The first kappa shape index (κ1) is 28.3. The van der Waals surface area contributed by atoms with E-state index in [9.17, 15) is 8.42 Å². The van der Waals surface area contributed by atoms with Gasteiger partial charge in [-0.1, -0.05) is 48.5 Å². The van der Waals surface area contributed by atoms with Gasteiger partial charge in [0, 0.05) is 22.5 Å². The van der Waals surface area contributed by atoms with E-state index in [1.165, 1.54) is 0 Å². The van der Waals surface area contributed by atoms with Gasteiger partial charge in [0.25, 0.3) is 0 Å². The summed E-state index contributed by atoms with van der Waals surface area (Å²) in [4.78, 5) is 7.35. The van der Waals surface area contributed by atoms with Crippen molar-refractivity contribution in [1.29, 1.82) is 0 Å². The van der Waals surface area contributed by atoms with Gasteiger partial charge in [0.1, 0.15) is 11.5 Å². The third-order valence-electron chi connectivity index (χ3n) is 8.40. The molecule has 0 bridgehead atoms. The van der Waals surface area contributed by atoms with Crippen LogP contribution in [0.25, 0.3) is 11.1 Å². The normalized spacial score (nSPS) is 13.8. The van der Waals surface area contributed by atoms with E-state index >= 15 is 0 Å². The van der Waals surface area contributed by atoms with Crippen LogP contribution in [-0.4, -0.2) is 22.6 Å². The Morgan fingerprint density at radius 3 is 1.04 bits per heavy atom. The molecular formula is C38H28N2O4S2. The summed E-state index contributed by atoms with van der Waals surface area (Å²) in [6.45, 7) is 0. The first-order valence-electron chi connectivity index (χ1n) is 14.8. The lowest BCUT2D eigenvalue weighted by Gasteiger charge is -2.33. The summed E-state index contributed by atoms with van der Waals surface area (Å²) in [7, 11) is 0.734. The van der Waals surface area contributed by atoms with Gasteiger partial charge in [-0.3, -0.25) is 0 Å². The van der Waals surface area contributed by atoms with Gasteiger partial charge >= 0.3 is 0 Å². The van der Waals surface area contributed by atoms with Gasteiger partial charge in [-0.05, 0) is 84.9 Å². The summed E-state index contributed by atoms with van der Waals surface area (Å²) in [5.74, 6) is 1.36. The number of nitrogens with zero attached hydrogens (tertiary/aromatic N) is 2. The summed E-state index contributed by atoms with van der Waals surface area (Å²) in [5.41, 5.74) is 6.92. The monoisotopic (exact) mass is 640 g/mol. The highest BCUT2D eigenvalue weighted by molar-refractivity contribution is 7.85. The zero-order valence-electron chi connectivity index (χ0n) is 25.0. The third kappa shape index (κ3) is 4.36. The lowest BCUT2D eigenvalue weighted by molar-refractivity contribution is 0.410. The average Bonchev–Trinajstić information content (AvgIpc) is 3.12.